The number of H-pyrrole nitrogens is 2. The fraction of sp³-hybridized carbons (Fsp3) is 0.278. The van der Waals surface area contributed by atoms with Gasteiger partial charge in [0.1, 0.15) is 11.6 Å². The molecule has 1 atom stereocenters. The summed E-state index contributed by atoms with van der Waals surface area (Å²) in [6.07, 6.45) is 2.08. The number of carbonyl (C=O) groups excluding carboxylic acids is 2. The second-order valence-corrected chi connectivity index (χ2v) is 7.03. The van der Waals surface area contributed by atoms with Crippen LogP contribution < -0.4 is 27.7 Å². The van der Waals surface area contributed by atoms with Crippen LogP contribution in [0.5, 0.6) is 0 Å². The SMILES string of the molecule is CC(C)C[C@@H](Nc1nc(Nc2ccc3[nH]ncc3c2)c(C(N)=O)c(=O)[nH]1)C(N)=O. The minimum atomic E-state index is -0.939. The van der Waals surface area contributed by atoms with Gasteiger partial charge >= 0.3 is 0 Å². The topological polar surface area (TPSA) is 185 Å². The van der Waals surface area contributed by atoms with Crippen molar-refractivity contribution in [1.29, 1.82) is 0 Å². The van der Waals surface area contributed by atoms with Crippen LogP contribution in [-0.4, -0.2) is 38.0 Å². The molecule has 2 aromatic heterocycles. The van der Waals surface area contributed by atoms with Gasteiger partial charge in [-0.1, -0.05) is 13.8 Å². The van der Waals surface area contributed by atoms with Gasteiger partial charge in [0.2, 0.25) is 11.9 Å². The van der Waals surface area contributed by atoms with Gasteiger partial charge in [0.15, 0.2) is 5.82 Å². The fourth-order valence-corrected chi connectivity index (χ4v) is 2.90. The summed E-state index contributed by atoms with van der Waals surface area (Å²) in [5.41, 5.74) is 11.1. The van der Waals surface area contributed by atoms with Gasteiger partial charge in [0.25, 0.3) is 11.5 Å². The summed E-state index contributed by atoms with van der Waals surface area (Å²) in [5.74, 6) is -1.39. The molecule has 1 aromatic carbocycles. The van der Waals surface area contributed by atoms with Crippen LogP contribution in [-0.2, 0) is 4.79 Å². The number of rotatable bonds is 8. The van der Waals surface area contributed by atoms with Crippen molar-refractivity contribution in [1.82, 2.24) is 20.2 Å². The predicted octanol–water partition coefficient (Wildman–Crippen LogP) is 0.801. The maximum atomic E-state index is 12.4. The number of primary amides is 2. The lowest BCUT2D eigenvalue weighted by molar-refractivity contribution is -0.119. The Kier molecular flexibility index (Phi) is 5.48. The third-order valence-corrected chi connectivity index (χ3v) is 4.23. The van der Waals surface area contributed by atoms with Gasteiger partial charge in [-0.25, -0.2) is 0 Å². The number of fused-ring (bicyclic) bond motifs is 1. The van der Waals surface area contributed by atoms with E-state index in [1.54, 1.807) is 24.4 Å². The van der Waals surface area contributed by atoms with Gasteiger partial charge in [-0.2, -0.15) is 10.1 Å². The molecular formula is C18H22N8O3. The Bertz CT molecular complexity index is 1120. The number of aromatic amines is 2. The van der Waals surface area contributed by atoms with Crippen LogP contribution in [0.1, 0.15) is 30.6 Å². The highest BCUT2D eigenvalue weighted by Gasteiger charge is 2.21. The molecule has 11 heteroatoms. The lowest BCUT2D eigenvalue weighted by atomic mass is 10.0. The van der Waals surface area contributed by atoms with Crippen molar-refractivity contribution in [3.8, 4) is 0 Å². The smallest absolute Gasteiger partial charge is 0.267 e. The third kappa shape index (κ3) is 4.51. The van der Waals surface area contributed by atoms with E-state index in [0.717, 1.165) is 10.9 Å². The van der Waals surface area contributed by atoms with Crippen LogP contribution in [0.15, 0.2) is 29.2 Å². The van der Waals surface area contributed by atoms with Gasteiger partial charge in [-0.3, -0.25) is 24.5 Å². The molecule has 0 saturated carbocycles. The lowest BCUT2D eigenvalue weighted by Crippen LogP contribution is -2.38. The van der Waals surface area contributed by atoms with Crippen LogP contribution in [0.25, 0.3) is 10.9 Å². The van der Waals surface area contributed by atoms with Crippen molar-refractivity contribution < 1.29 is 9.59 Å². The zero-order chi connectivity index (χ0) is 21.1. The van der Waals surface area contributed by atoms with Crippen LogP contribution >= 0.6 is 0 Å². The number of carbonyl (C=O) groups is 2. The van der Waals surface area contributed by atoms with Crippen molar-refractivity contribution >= 4 is 40.2 Å². The molecule has 2 amide bonds. The van der Waals surface area contributed by atoms with Crippen LogP contribution in [0.3, 0.4) is 0 Å². The summed E-state index contributed by atoms with van der Waals surface area (Å²) in [6, 6.07) is 4.54. The summed E-state index contributed by atoms with van der Waals surface area (Å²) < 4.78 is 0. The van der Waals surface area contributed by atoms with E-state index in [9.17, 15) is 14.4 Å². The van der Waals surface area contributed by atoms with Crippen molar-refractivity contribution in [3.63, 3.8) is 0 Å². The number of hydrogen-bond acceptors (Lipinski definition) is 7. The van der Waals surface area contributed by atoms with Crippen molar-refractivity contribution in [3.05, 3.63) is 40.3 Å². The van der Waals surface area contributed by atoms with Crippen molar-refractivity contribution in [2.75, 3.05) is 10.6 Å². The van der Waals surface area contributed by atoms with E-state index in [1.807, 2.05) is 13.8 Å². The van der Waals surface area contributed by atoms with Gasteiger partial charge in [0, 0.05) is 11.1 Å². The standard InChI is InChI=1S/C18H22N8O3/c1-8(2)5-12(14(19)27)23-18-24-16(13(15(20)28)17(29)25-18)22-10-3-4-11-9(6-10)7-21-26-11/h3-4,6-8,12H,5H2,1-2H3,(H2,19,27)(H2,20,28)(H,21,26)(H3,22,23,24,25,29)/t12-/m1/s1. The molecule has 0 bridgehead atoms. The lowest BCUT2D eigenvalue weighted by Gasteiger charge is -2.18. The molecule has 0 aliphatic carbocycles. The highest BCUT2D eigenvalue weighted by molar-refractivity contribution is 5.98. The summed E-state index contributed by atoms with van der Waals surface area (Å²) in [4.78, 5) is 42.6. The summed E-state index contributed by atoms with van der Waals surface area (Å²) >= 11 is 0. The van der Waals surface area contributed by atoms with E-state index < -0.39 is 23.4 Å². The maximum Gasteiger partial charge on any atom is 0.267 e. The Morgan fingerprint density at radius 1 is 1.24 bits per heavy atom. The fourth-order valence-electron chi connectivity index (χ4n) is 2.90. The number of benzene rings is 1. The Morgan fingerprint density at radius 3 is 2.66 bits per heavy atom. The highest BCUT2D eigenvalue weighted by atomic mass is 16.2. The molecule has 0 fully saturated rings. The molecular weight excluding hydrogens is 376 g/mol. The molecule has 2 heterocycles. The second-order valence-electron chi connectivity index (χ2n) is 7.03. The zero-order valence-corrected chi connectivity index (χ0v) is 15.9. The highest BCUT2D eigenvalue weighted by Crippen LogP contribution is 2.22. The molecule has 0 radical (unpaired) electrons. The van der Waals surface area contributed by atoms with E-state index in [2.05, 4.69) is 30.8 Å². The summed E-state index contributed by atoms with van der Waals surface area (Å²) in [5, 5.41) is 13.3. The largest absolute Gasteiger partial charge is 0.368 e. The molecule has 3 aromatic rings. The molecule has 0 saturated heterocycles. The molecule has 8 N–H and O–H groups in total. The van der Waals surface area contributed by atoms with Gasteiger partial charge in [-0.05, 0) is 30.5 Å². The van der Waals surface area contributed by atoms with E-state index in [4.69, 9.17) is 11.5 Å². The Labute approximate surface area is 165 Å². The molecule has 11 nitrogen and oxygen atoms in total. The van der Waals surface area contributed by atoms with E-state index in [0.29, 0.717) is 12.1 Å². The minimum absolute atomic E-state index is 0.00339. The Hall–Kier alpha value is -3.89. The first-order valence-corrected chi connectivity index (χ1v) is 8.94. The van der Waals surface area contributed by atoms with Crippen LogP contribution in [0, 0.1) is 5.92 Å². The average Bonchev–Trinajstić information content (AvgIpc) is 3.07. The molecule has 0 aliphatic heterocycles. The minimum Gasteiger partial charge on any atom is -0.368 e. The van der Waals surface area contributed by atoms with E-state index >= 15 is 0 Å². The van der Waals surface area contributed by atoms with E-state index in [1.165, 1.54) is 0 Å². The second kappa shape index (κ2) is 8.00. The number of anilines is 3. The van der Waals surface area contributed by atoms with Crippen LogP contribution in [0.2, 0.25) is 0 Å². The number of nitrogens with one attached hydrogen (secondary N) is 4. The average molecular weight is 398 g/mol. The van der Waals surface area contributed by atoms with E-state index in [-0.39, 0.29) is 23.2 Å². The third-order valence-electron chi connectivity index (χ3n) is 4.23. The van der Waals surface area contributed by atoms with Crippen molar-refractivity contribution in [2.45, 2.75) is 26.3 Å². The molecule has 0 spiro atoms. The van der Waals surface area contributed by atoms with Gasteiger partial charge in [0.05, 0.1) is 11.7 Å². The number of nitrogens with zero attached hydrogens (tertiary/aromatic N) is 2. The molecule has 29 heavy (non-hydrogen) atoms. The monoisotopic (exact) mass is 398 g/mol. The van der Waals surface area contributed by atoms with Crippen LogP contribution in [0.4, 0.5) is 17.5 Å². The van der Waals surface area contributed by atoms with Gasteiger partial charge in [-0.15, -0.1) is 0 Å². The molecule has 0 unspecified atom stereocenters. The number of hydrogen-bond donors (Lipinski definition) is 6. The normalized spacial score (nSPS) is 12.1. The molecule has 3 rings (SSSR count). The van der Waals surface area contributed by atoms with Gasteiger partial charge < -0.3 is 22.1 Å². The number of nitrogens with two attached hydrogens (primary N) is 2. The quantitative estimate of drug-likeness (QED) is 0.324. The Morgan fingerprint density at radius 2 is 2.00 bits per heavy atom. The predicted molar refractivity (Wildman–Crippen MR) is 109 cm³/mol. The first-order valence-electron chi connectivity index (χ1n) is 8.94. The number of aromatic nitrogens is 4. The molecule has 152 valence electrons. The summed E-state index contributed by atoms with van der Waals surface area (Å²) in [6.45, 7) is 3.87. The maximum absolute atomic E-state index is 12.4. The number of amides is 2. The first kappa shape index (κ1) is 19.9. The van der Waals surface area contributed by atoms with Crippen molar-refractivity contribution in [2.24, 2.45) is 17.4 Å². The Balaban J connectivity index is 1.98. The molecule has 0 aliphatic rings. The first-order chi connectivity index (χ1) is 13.7. The summed E-state index contributed by atoms with van der Waals surface area (Å²) in [7, 11) is 0. The zero-order valence-electron chi connectivity index (χ0n) is 15.9.